The first-order valence-corrected chi connectivity index (χ1v) is 16.5. The molecular weight excluding hydrogens is 601 g/mol. The zero-order valence-corrected chi connectivity index (χ0v) is 26.3. The van der Waals surface area contributed by atoms with E-state index in [1.807, 2.05) is 53.4 Å². The topological polar surface area (TPSA) is 84.5 Å². The number of anilines is 1. The molecule has 3 heterocycles. The van der Waals surface area contributed by atoms with Crippen molar-refractivity contribution in [2.45, 2.75) is 43.3 Å². The molecule has 1 amide bonds. The van der Waals surface area contributed by atoms with Gasteiger partial charge in [-0.15, -0.1) is 0 Å². The largest absolute Gasteiger partial charge is 0.371 e. The Morgan fingerprint density at radius 3 is 2.44 bits per heavy atom. The van der Waals surface area contributed by atoms with E-state index in [1.165, 1.54) is 11.8 Å². The van der Waals surface area contributed by atoms with E-state index in [-0.39, 0.29) is 16.9 Å². The minimum absolute atomic E-state index is 0.0525. The molecule has 2 fully saturated rings. The van der Waals surface area contributed by atoms with E-state index in [4.69, 9.17) is 33.9 Å². The summed E-state index contributed by atoms with van der Waals surface area (Å²) < 4.78 is 1.63. The second-order valence-corrected chi connectivity index (χ2v) is 13.6. The van der Waals surface area contributed by atoms with Crippen LogP contribution in [0, 0.1) is 5.41 Å². The van der Waals surface area contributed by atoms with E-state index in [2.05, 4.69) is 11.0 Å². The van der Waals surface area contributed by atoms with Gasteiger partial charge < -0.3 is 15.5 Å². The van der Waals surface area contributed by atoms with Crippen molar-refractivity contribution < 1.29 is 4.79 Å². The van der Waals surface area contributed by atoms with Gasteiger partial charge in [0.05, 0.1) is 22.6 Å². The Hall–Kier alpha value is -3.04. The zero-order chi connectivity index (χ0) is 30.0. The molecule has 0 saturated carbocycles. The number of carbonyl (C=O) groups excluding carboxylic acids is 1. The first-order valence-electron chi connectivity index (χ1n) is 14.8. The van der Waals surface area contributed by atoms with E-state index >= 15 is 0 Å². The molecule has 0 bridgehead atoms. The number of para-hydroxylation sites is 1. The summed E-state index contributed by atoms with van der Waals surface area (Å²) in [5.74, 6) is 0.801. The Kier molecular flexibility index (Phi) is 9.00. The van der Waals surface area contributed by atoms with E-state index in [0.29, 0.717) is 33.2 Å². The van der Waals surface area contributed by atoms with E-state index in [9.17, 15) is 9.59 Å². The van der Waals surface area contributed by atoms with Crippen molar-refractivity contribution in [2.75, 3.05) is 36.8 Å². The number of benzene rings is 3. The number of hydrogen-bond donors (Lipinski definition) is 1. The highest BCUT2D eigenvalue weighted by Crippen LogP contribution is 2.41. The summed E-state index contributed by atoms with van der Waals surface area (Å²) in [7, 11) is 0. The van der Waals surface area contributed by atoms with Gasteiger partial charge in [-0.3, -0.25) is 14.2 Å². The van der Waals surface area contributed by atoms with Crippen LogP contribution in [0.25, 0.3) is 16.6 Å². The highest BCUT2D eigenvalue weighted by atomic mass is 35.5. The number of likely N-dealkylation sites (tertiary alicyclic amines) is 1. The fourth-order valence-corrected chi connectivity index (χ4v) is 7.70. The third-order valence-corrected chi connectivity index (χ3v) is 10.1. The maximum atomic E-state index is 13.4. The number of thioether (sulfide) groups is 1. The summed E-state index contributed by atoms with van der Waals surface area (Å²) in [6, 6.07) is 22.1. The fourth-order valence-electron chi connectivity index (χ4n) is 6.32. The molecule has 3 aromatic carbocycles. The molecule has 0 radical (unpaired) electrons. The molecule has 2 aliphatic heterocycles. The average Bonchev–Trinajstić information content (AvgIpc) is 3.63. The maximum Gasteiger partial charge on any atom is 0.266 e. The summed E-state index contributed by atoms with van der Waals surface area (Å²) in [5.41, 5.74) is 8.92. The normalized spacial score (nSPS) is 19.0. The first-order chi connectivity index (χ1) is 20.8. The van der Waals surface area contributed by atoms with Gasteiger partial charge in [0.25, 0.3) is 5.56 Å². The highest BCUT2D eigenvalue weighted by molar-refractivity contribution is 7.99. The molecule has 2 unspecified atom stereocenters. The monoisotopic (exact) mass is 635 g/mol. The van der Waals surface area contributed by atoms with Crippen LogP contribution in [0.3, 0.4) is 0 Å². The van der Waals surface area contributed by atoms with Gasteiger partial charge in [0, 0.05) is 53.1 Å². The first kappa shape index (κ1) is 30.0. The Morgan fingerprint density at radius 1 is 0.930 bits per heavy atom. The molecule has 224 valence electrons. The standard InChI is InChI=1S/C33H35Cl2N5O2S/c34-23-7-5-9-25(19-23)38-16-14-33(21-38)15-17-39(22-33)31(42)28(36)12-3-4-18-43-32-37-29-13-2-1-11-27(29)30(41)40(32)26-10-6-8-24(35)20-26/h1-2,5-11,13,19-20,28H,3-4,12,14-18,21-22,36H2. The van der Waals surface area contributed by atoms with Crippen molar-refractivity contribution in [2.24, 2.45) is 11.1 Å². The molecule has 4 aromatic rings. The van der Waals surface area contributed by atoms with Crippen LogP contribution in [0.15, 0.2) is 82.7 Å². The third-order valence-electron chi connectivity index (χ3n) is 8.63. The van der Waals surface area contributed by atoms with Gasteiger partial charge in [-0.2, -0.15) is 0 Å². The third kappa shape index (κ3) is 6.58. The number of hydrogen-bond acceptors (Lipinski definition) is 6. The highest BCUT2D eigenvalue weighted by Gasteiger charge is 2.45. The molecule has 7 nitrogen and oxygen atoms in total. The van der Waals surface area contributed by atoms with Crippen LogP contribution >= 0.6 is 35.0 Å². The number of halogens is 2. The lowest BCUT2D eigenvalue weighted by Gasteiger charge is -2.26. The van der Waals surface area contributed by atoms with Gasteiger partial charge in [-0.05, 0) is 74.2 Å². The van der Waals surface area contributed by atoms with Crippen molar-refractivity contribution in [1.29, 1.82) is 0 Å². The molecule has 1 spiro atoms. The molecule has 0 aliphatic carbocycles. The minimum Gasteiger partial charge on any atom is -0.371 e. The quantitative estimate of drug-likeness (QED) is 0.130. The zero-order valence-electron chi connectivity index (χ0n) is 23.9. The Labute approximate surface area is 266 Å². The lowest BCUT2D eigenvalue weighted by molar-refractivity contribution is -0.132. The molecule has 2 atom stereocenters. The van der Waals surface area contributed by atoms with Gasteiger partial charge >= 0.3 is 0 Å². The van der Waals surface area contributed by atoms with Crippen LogP contribution in [-0.4, -0.2) is 58.3 Å². The number of carbonyl (C=O) groups is 1. The molecule has 2 saturated heterocycles. The number of fused-ring (bicyclic) bond motifs is 1. The van der Waals surface area contributed by atoms with Crippen molar-refractivity contribution in [3.63, 3.8) is 0 Å². The van der Waals surface area contributed by atoms with Gasteiger partial charge in [-0.1, -0.05) is 65.7 Å². The summed E-state index contributed by atoms with van der Waals surface area (Å²) in [5, 5.41) is 2.49. The average molecular weight is 637 g/mol. The van der Waals surface area contributed by atoms with Crippen LogP contribution in [0.2, 0.25) is 10.0 Å². The van der Waals surface area contributed by atoms with Crippen molar-refractivity contribution in [3.05, 3.63) is 93.2 Å². The Morgan fingerprint density at radius 2 is 1.65 bits per heavy atom. The number of nitrogens with two attached hydrogens (primary N) is 1. The number of unbranched alkanes of at least 4 members (excludes halogenated alkanes) is 1. The Bertz CT molecular complexity index is 1700. The lowest BCUT2D eigenvalue weighted by atomic mass is 9.86. The fraction of sp³-hybridized carbons (Fsp3) is 0.364. The molecule has 1 aromatic heterocycles. The summed E-state index contributed by atoms with van der Waals surface area (Å²) in [6.07, 6.45) is 4.37. The molecule has 6 rings (SSSR count). The molecule has 2 aliphatic rings. The van der Waals surface area contributed by atoms with E-state index in [1.54, 1.807) is 22.8 Å². The van der Waals surface area contributed by atoms with Crippen LogP contribution in [0.1, 0.15) is 32.1 Å². The minimum atomic E-state index is -0.506. The smallest absolute Gasteiger partial charge is 0.266 e. The second-order valence-electron chi connectivity index (χ2n) is 11.6. The number of rotatable bonds is 9. The van der Waals surface area contributed by atoms with Crippen molar-refractivity contribution in [1.82, 2.24) is 14.5 Å². The van der Waals surface area contributed by atoms with E-state index < -0.39 is 6.04 Å². The van der Waals surface area contributed by atoms with Crippen molar-refractivity contribution >= 4 is 57.5 Å². The molecule has 2 N–H and O–H groups in total. The van der Waals surface area contributed by atoms with Gasteiger partial charge in [-0.25, -0.2) is 4.98 Å². The van der Waals surface area contributed by atoms with E-state index in [0.717, 1.165) is 68.3 Å². The predicted molar refractivity (Wildman–Crippen MR) is 177 cm³/mol. The second kappa shape index (κ2) is 12.9. The maximum absolute atomic E-state index is 13.4. The number of aromatic nitrogens is 2. The van der Waals surface area contributed by atoms with Gasteiger partial charge in [0.1, 0.15) is 0 Å². The molecule has 43 heavy (non-hydrogen) atoms. The summed E-state index contributed by atoms with van der Waals surface area (Å²) >= 11 is 14.0. The Balaban J connectivity index is 1.02. The number of nitrogens with zero attached hydrogens (tertiary/aromatic N) is 4. The predicted octanol–water partition coefficient (Wildman–Crippen LogP) is 6.41. The van der Waals surface area contributed by atoms with Gasteiger partial charge in [0.2, 0.25) is 5.91 Å². The van der Waals surface area contributed by atoms with Crippen LogP contribution in [0.4, 0.5) is 5.69 Å². The SMILES string of the molecule is NC(CCCCSc1nc2ccccc2c(=O)n1-c1cccc(Cl)c1)C(=O)N1CCC2(CCN(c3cccc(Cl)c3)C2)C1. The van der Waals surface area contributed by atoms with Crippen LogP contribution in [-0.2, 0) is 4.79 Å². The van der Waals surface area contributed by atoms with Crippen LogP contribution < -0.4 is 16.2 Å². The number of amides is 1. The molecular formula is C33H35Cl2N5O2S. The summed E-state index contributed by atoms with van der Waals surface area (Å²) in [6.45, 7) is 3.44. The van der Waals surface area contributed by atoms with Gasteiger partial charge in [0.15, 0.2) is 5.16 Å². The van der Waals surface area contributed by atoms with Crippen LogP contribution in [0.5, 0.6) is 0 Å². The lowest BCUT2D eigenvalue weighted by Crippen LogP contribution is -2.43. The summed E-state index contributed by atoms with van der Waals surface area (Å²) in [4.78, 5) is 35.9. The van der Waals surface area contributed by atoms with Crippen molar-refractivity contribution in [3.8, 4) is 5.69 Å². The molecule has 10 heteroatoms.